The molecule has 7 nitrogen and oxygen atoms in total. The summed E-state index contributed by atoms with van der Waals surface area (Å²) >= 11 is 1.54. The number of aryl methyl sites for hydroxylation is 2. The van der Waals surface area contributed by atoms with Crippen molar-refractivity contribution in [2.24, 2.45) is 0 Å². The highest BCUT2D eigenvalue weighted by atomic mass is 32.2. The Balaban J connectivity index is 1.56. The van der Waals surface area contributed by atoms with Crippen LogP contribution < -0.4 is 4.74 Å². The number of rotatable bonds is 13. The highest BCUT2D eigenvalue weighted by Crippen LogP contribution is 2.40. The summed E-state index contributed by atoms with van der Waals surface area (Å²) in [7, 11) is 4.15. The van der Waals surface area contributed by atoms with Gasteiger partial charge in [0, 0.05) is 16.7 Å². The van der Waals surface area contributed by atoms with E-state index in [1.54, 1.807) is 6.07 Å². The van der Waals surface area contributed by atoms with E-state index in [0.717, 1.165) is 28.7 Å². The fourth-order valence-corrected chi connectivity index (χ4v) is 5.85. The van der Waals surface area contributed by atoms with Crippen molar-refractivity contribution in [2.75, 3.05) is 21.3 Å². The predicted octanol–water partition coefficient (Wildman–Crippen LogP) is 6.35. The van der Waals surface area contributed by atoms with Crippen molar-refractivity contribution in [2.45, 2.75) is 48.4 Å². The SMILES string of the molecule is COC(=O)CCCC(O)C(Sc1ccc2cc(C(=O)OC)c(OC)nc2c1)c1ccc(CCc2ccccc2)cc1. The van der Waals surface area contributed by atoms with Crippen LogP contribution in [0.4, 0.5) is 0 Å². The van der Waals surface area contributed by atoms with Gasteiger partial charge in [-0.05, 0) is 60.6 Å². The third kappa shape index (κ3) is 8.08. The van der Waals surface area contributed by atoms with E-state index in [0.29, 0.717) is 18.4 Å². The van der Waals surface area contributed by atoms with Crippen LogP contribution in [0.2, 0.25) is 0 Å². The molecule has 0 spiro atoms. The Morgan fingerprint density at radius 1 is 0.878 bits per heavy atom. The number of carbonyl (C=O) groups is 2. The Hall–Kier alpha value is -3.88. The second-order valence-electron chi connectivity index (χ2n) is 9.69. The summed E-state index contributed by atoms with van der Waals surface area (Å²) in [6, 6.07) is 26.3. The standard InChI is InChI=1S/C33H35NO6S/c1-38-30(36)11-7-10-29(35)31(24-16-14-23(15-17-24)13-12-22-8-5-4-6-9-22)41-26-19-18-25-20-27(33(37)40-3)32(39-2)34-28(25)21-26/h4-6,8-9,14-21,29,31,35H,7,10-13H2,1-3H3. The van der Waals surface area contributed by atoms with Gasteiger partial charge in [-0.2, -0.15) is 0 Å². The van der Waals surface area contributed by atoms with E-state index in [4.69, 9.17) is 14.2 Å². The number of fused-ring (bicyclic) bond motifs is 1. The molecule has 1 heterocycles. The fourth-order valence-electron chi connectivity index (χ4n) is 4.65. The van der Waals surface area contributed by atoms with Gasteiger partial charge in [-0.25, -0.2) is 9.78 Å². The summed E-state index contributed by atoms with van der Waals surface area (Å²) < 4.78 is 15.0. The summed E-state index contributed by atoms with van der Waals surface area (Å²) in [6.07, 6.45) is 2.41. The molecule has 0 aliphatic carbocycles. The highest BCUT2D eigenvalue weighted by molar-refractivity contribution is 7.99. The summed E-state index contributed by atoms with van der Waals surface area (Å²) in [5, 5.41) is 11.8. The molecule has 0 saturated heterocycles. The Bertz CT molecular complexity index is 1460. The number of methoxy groups -OCH3 is 3. The quantitative estimate of drug-likeness (QED) is 0.146. The van der Waals surface area contributed by atoms with E-state index in [1.807, 2.05) is 24.3 Å². The highest BCUT2D eigenvalue weighted by Gasteiger charge is 2.24. The van der Waals surface area contributed by atoms with Crippen LogP contribution in [0.3, 0.4) is 0 Å². The minimum Gasteiger partial charge on any atom is -0.480 e. The third-order valence-corrected chi connectivity index (χ3v) is 8.29. The number of ether oxygens (including phenoxy) is 3. The maximum Gasteiger partial charge on any atom is 0.343 e. The van der Waals surface area contributed by atoms with Gasteiger partial charge >= 0.3 is 11.9 Å². The molecule has 0 radical (unpaired) electrons. The first-order valence-corrected chi connectivity index (χ1v) is 14.4. The van der Waals surface area contributed by atoms with Gasteiger partial charge in [0.25, 0.3) is 0 Å². The first kappa shape index (κ1) is 30.1. The maximum atomic E-state index is 12.2. The molecule has 4 rings (SSSR count). The average molecular weight is 574 g/mol. The van der Waals surface area contributed by atoms with Crippen molar-refractivity contribution >= 4 is 34.6 Å². The molecule has 4 aromatic rings. The summed E-state index contributed by atoms with van der Waals surface area (Å²) in [5.74, 6) is -0.612. The van der Waals surface area contributed by atoms with Gasteiger partial charge in [-0.3, -0.25) is 4.79 Å². The third-order valence-electron chi connectivity index (χ3n) is 6.93. The molecule has 0 saturated carbocycles. The van der Waals surface area contributed by atoms with Crippen LogP contribution in [0.1, 0.15) is 51.6 Å². The molecule has 2 atom stereocenters. The zero-order chi connectivity index (χ0) is 29.2. The topological polar surface area (TPSA) is 95.0 Å². The molecule has 0 bridgehead atoms. The zero-order valence-corrected chi connectivity index (χ0v) is 24.4. The van der Waals surface area contributed by atoms with Crippen LogP contribution in [0.5, 0.6) is 5.88 Å². The molecule has 1 N–H and O–H groups in total. The molecule has 0 fully saturated rings. The summed E-state index contributed by atoms with van der Waals surface area (Å²) in [5.41, 5.74) is 4.44. The maximum absolute atomic E-state index is 12.2. The number of hydrogen-bond donors (Lipinski definition) is 1. The van der Waals surface area contributed by atoms with E-state index >= 15 is 0 Å². The molecule has 2 unspecified atom stereocenters. The molecule has 0 amide bonds. The van der Waals surface area contributed by atoms with Crippen molar-refractivity contribution in [3.8, 4) is 5.88 Å². The lowest BCUT2D eigenvalue weighted by atomic mass is 9.99. The number of nitrogens with zero attached hydrogens (tertiary/aromatic N) is 1. The molecule has 214 valence electrons. The first-order valence-electron chi connectivity index (χ1n) is 13.5. The number of esters is 2. The molecule has 3 aromatic carbocycles. The van der Waals surface area contributed by atoms with Crippen LogP contribution in [0, 0.1) is 0 Å². The Labute approximate surface area is 244 Å². The van der Waals surface area contributed by atoms with Crippen molar-refractivity contribution in [1.29, 1.82) is 0 Å². The van der Waals surface area contributed by atoms with Crippen LogP contribution >= 0.6 is 11.8 Å². The van der Waals surface area contributed by atoms with E-state index in [9.17, 15) is 14.7 Å². The lowest BCUT2D eigenvalue weighted by molar-refractivity contribution is -0.140. The van der Waals surface area contributed by atoms with Crippen LogP contribution in [0.25, 0.3) is 10.9 Å². The molecular weight excluding hydrogens is 538 g/mol. The van der Waals surface area contributed by atoms with Gasteiger partial charge in [0.15, 0.2) is 0 Å². The van der Waals surface area contributed by atoms with Crippen LogP contribution in [-0.2, 0) is 27.1 Å². The molecule has 0 aliphatic heterocycles. The number of carbonyl (C=O) groups excluding carboxylic acids is 2. The number of aliphatic hydroxyl groups excluding tert-OH is 1. The molecule has 0 aliphatic rings. The Morgan fingerprint density at radius 2 is 1.59 bits per heavy atom. The van der Waals surface area contributed by atoms with Crippen LogP contribution in [-0.4, -0.2) is 49.5 Å². The van der Waals surface area contributed by atoms with Gasteiger partial charge in [-0.15, -0.1) is 11.8 Å². The van der Waals surface area contributed by atoms with Crippen molar-refractivity contribution < 1.29 is 28.9 Å². The van der Waals surface area contributed by atoms with E-state index < -0.39 is 12.1 Å². The number of hydrogen-bond acceptors (Lipinski definition) is 8. The summed E-state index contributed by atoms with van der Waals surface area (Å²) in [6.45, 7) is 0. The van der Waals surface area contributed by atoms with Gasteiger partial charge in [-0.1, -0.05) is 60.7 Å². The number of thioether (sulfide) groups is 1. The lowest BCUT2D eigenvalue weighted by Crippen LogP contribution is -2.17. The molecule has 41 heavy (non-hydrogen) atoms. The van der Waals surface area contributed by atoms with Gasteiger partial charge < -0.3 is 19.3 Å². The largest absolute Gasteiger partial charge is 0.480 e. The smallest absolute Gasteiger partial charge is 0.343 e. The van der Waals surface area contributed by atoms with E-state index in [2.05, 4.69) is 53.5 Å². The number of pyridine rings is 1. The Morgan fingerprint density at radius 3 is 2.24 bits per heavy atom. The molecular formula is C33H35NO6S. The number of benzene rings is 3. The zero-order valence-electron chi connectivity index (χ0n) is 23.5. The number of aromatic nitrogens is 1. The van der Waals surface area contributed by atoms with Gasteiger partial charge in [0.05, 0.1) is 38.2 Å². The monoisotopic (exact) mass is 573 g/mol. The summed E-state index contributed by atoms with van der Waals surface area (Å²) in [4.78, 5) is 29.2. The van der Waals surface area contributed by atoms with Gasteiger partial charge in [0.2, 0.25) is 5.88 Å². The molecule has 8 heteroatoms. The van der Waals surface area contributed by atoms with Crippen molar-refractivity contribution in [1.82, 2.24) is 4.98 Å². The minimum absolute atomic E-state index is 0.192. The van der Waals surface area contributed by atoms with Crippen molar-refractivity contribution in [3.05, 3.63) is 101 Å². The normalized spacial score (nSPS) is 12.5. The fraction of sp³-hybridized carbons (Fsp3) is 0.303. The Kier molecular flexibility index (Phi) is 10.8. The van der Waals surface area contributed by atoms with Crippen molar-refractivity contribution in [3.63, 3.8) is 0 Å². The van der Waals surface area contributed by atoms with E-state index in [-0.39, 0.29) is 29.1 Å². The lowest BCUT2D eigenvalue weighted by Gasteiger charge is -2.23. The van der Waals surface area contributed by atoms with Gasteiger partial charge in [0.1, 0.15) is 5.56 Å². The number of aliphatic hydroxyl groups is 1. The predicted molar refractivity (Wildman–Crippen MR) is 160 cm³/mol. The average Bonchev–Trinajstić information content (AvgIpc) is 3.02. The minimum atomic E-state index is -0.695. The molecule has 1 aromatic heterocycles. The van der Waals surface area contributed by atoms with Crippen LogP contribution in [0.15, 0.2) is 83.8 Å². The second-order valence-corrected chi connectivity index (χ2v) is 10.9. The first-order chi connectivity index (χ1) is 19.9. The second kappa shape index (κ2) is 14.7. The van der Waals surface area contributed by atoms with E-state index in [1.165, 1.54) is 44.2 Å².